The first-order chi connectivity index (χ1) is 16.0. The fourth-order valence-corrected chi connectivity index (χ4v) is 4.61. The third-order valence-electron chi connectivity index (χ3n) is 5.67. The summed E-state index contributed by atoms with van der Waals surface area (Å²) in [5.74, 6) is 0.803. The summed E-state index contributed by atoms with van der Waals surface area (Å²) in [5, 5.41) is 0.411. The molecule has 1 aliphatic rings. The van der Waals surface area contributed by atoms with Gasteiger partial charge in [0.05, 0.1) is 30.7 Å². The molecule has 1 atom stereocenters. The number of rotatable bonds is 5. The molecule has 1 unspecified atom stereocenters. The lowest BCUT2D eigenvalue weighted by Crippen LogP contribution is -2.29. The van der Waals surface area contributed by atoms with Crippen LogP contribution in [-0.4, -0.2) is 19.6 Å². The summed E-state index contributed by atoms with van der Waals surface area (Å²) in [6.45, 7) is 2.38. The Labute approximate surface area is 198 Å². The van der Waals surface area contributed by atoms with Crippen LogP contribution < -0.4 is 19.8 Å². The van der Waals surface area contributed by atoms with E-state index in [0.717, 1.165) is 4.47 Å². The smallest absolute Gasteiger partial charge is 0.295 e. The Morgan fingerprint density at radius 1 is 1.00 bits per heavy atom. The number of methoxy groups -OCH3 is 1. The van der Waals surface area contributed by atoms with Gasteiger partial charge in [0.1, 0.15) is 5.58 Å². The molecule has 1 aliphatic heterocycles. The quantitative estimate of drug-likeness (QED) is 0.347. The second-order valence-electron chi connectivity index (χ2n) is 7.57. The van der Waals surface area contributed by atoms with E-state index in [1.165, 1.54) is 0 Å². The number of nitrogens with zero attached hydrogens (tertiary/aromatic N) is 1. The fraction of sp³-hybridized carbons (Fsp3) is 0.154. The predicted molar refractivity (Wildman–Crippen MR) is 129 cm³/mol. The Hall–Kier alpha value is -3.58. The zero-order valence-corrected chi connectivity index (χ0v) is 19.6. The third-order valence-corrected chi connectivity index (χ3v) is 6.16. The van der Waals surface area contributed by atoms with Crippen molar-refractivity contribution in [1.82, 2.24) is 0 Å². The minimum Gasteiger partial charge on any atom is -0.493 e. The summed E-state index contributed by atoms with van der Waals surface area (Å²) < 4.78 is 17.9. The number of carbonyl (C=O) groups excluding carboxylic acids is 1. The van der Waals surface area contributed by atoms with Crippen LogP contribution in [0.2, 0.25) is 0 Å². The molecule has 4 aromatic rings. The second kappa shape index (κ2) is 8.41. The lowest BCUT2D eigenvalue weighted by molar-refractivity contribution is 0.0971. The maximum Gasteiger partial charge on any atom is 0.295 e. The van der Waals surface area contributed by atoms with Gasteiger partial charge in [-0.3, -0.25) is 14.5 Å². The van der Waals surface area contributed by atoms with Gasteiger partial charge in [-0.05, 0) is 55.0 Å². The van der Waals surface area contributed by atoms with Crippen LogP contribution >= 0.6 is 15.9 Å². The van der Waals surface area contributed by atoms with Gasteiger partial charge in [-0.1, -0.05) is 40.2 Å². The van der Waals surface area contributed by atoms with Crippen molar-refractivity contribution in [3.05, 3.63) is 98.3 Å². The molecule has 0 saturated heterocycles. The number of ether oxygens (including phenoxy) is 2. The number of halogens is 1. The van der Waals surface area contributed by atoms with Gasteiger partial charge < -0.3 is 13.9 Å². The van der Waals surface area contributed by atoms with Crippen LogP contribution in [0.15, 0.2) is 80.4 Å². The van der Waals surface area contributed by atoms with Crippen LogP contribution in [0.5, 0.6) is 11.5 Å². The van der Waals surface area contributed by atoms with Crippen LogP contribution in [0, 0.1) is 0 Å². The SMILES string of the molecule is CCOc1ccc(C2c3c(oc4ccc(Br)cc4c3=O)C(=O)N2c2ccccc2)cc1OC. The van der Waals surface area contributed by atoms with E-state index < -0.39 is 6.04 Å². The Morgan fingerprint density at radius 2 is 1.79 bits per heavy atom. The highest BCUT2D eigenvalue weighted by atomic mass is 79.9. The fourth-order valence-electron chi connectivity index (χ4n) is 4.24. The molecule has 1 amide bonds. The molecule has 0 saturated carbocycles. The molecule has 0 aliphatic carbocycles. The Bertz CT molecular complexity index is 1430. The molecule has 0 spiro atoms. The summed E-state index contributed by atoms with van der Waals surface area (Å²) in [6, 6.07) is 19.2. The summed E-state index contributed by atoms with van der Waals surface area (Å²) >= 11 is 3.42. The summed E-state index contributed by atoms with van der Waals surface area (Å²) in [5.41, 5.74) is 1.82. The number of hydrogen-bond donors (Lipinski definition) is 0. The topological polar surface area (TPSA) is 69.0 Å². The number of anilines is 1. The van der Waals surface area contributed by atoms with Gasteiger partial charge in [0, 0.05) is 10.2 Å². The first kappa shape index (κ1) is 21.3. The van der Waals surface area contributed by atoms with Gasteiger partial charge in [0.2, 0.25) is 5.76 Å². The number of amides is 1. The Kier molecular flexibility index (Phi) is 5.42. The minimum atomic E-state index is -0.681. The number of fused-ring (bicyclic) bond motifs is 2. The number of hydrogen-bond acceptors (Lipinski definition) is 5. The van der Waals surface area contributed by atoms with Crippen molar-refractivity contribution >= 4 is 38.5 Å². The van der Waals surface area contributed by atoms with Gasteiger partial charge >= 0.3 is 0 Å². The van der Waals surface area contributed by atoms with E-state index in [9.17, 15) is 9.59 Å². The van der Waals surface area contributed by atoms with Crippen molar-refractivity contribution in [2.24, 2.45) is 0 Å². The molecule has 5 rings (SSSR count). The van der Waals surface area contributed by atoms with Gasteiger partial charge in [-0.25, -0.2) is 0 Å². The van der Waals surface area contributed by atoms with Gasteiger partial charge in [-0.2, -0.15) is 0 Å². The van der Waals surface area contributed by atoms with E-state index in [-0.39, 0.29) is 17.1 Å². The molecule has 0 radical (unpaired) electrons. The van der Waals surface area contributed by atoms with Crippen molar-refractivity contribution in [3.63, 3.8) is 0 Å². The van der Waals surface area contributed by atoms with Crippen LogP contribution in [0.25, 0.3) is 11.0 Å². The van der Waals surface area contributed by atoms with Crippen molar-refractivity contribution in [3.8, 4) is 11.5 Å². The first-order valence-electron chi connectivity index (χ1n) is 10.5. The lowest BCUT2D eigenvalue weighted by Gasteiger charge is -2.25. The molecular formula is C26H20BrNO5. The molecule has 0 fully saturated rings. The van der Waals surface area contributed by atoms with Crippen molar-refractivity contribution < 1.29 is 18.7 Å². The van der Waals surface area contributed by atoms with Crippen LogP contribution in [-0.2, 0) is 0 Å². The van der Waals surface area contributed by atoms with E-state index in [1.54, 1.807) is 42.3 Å². The van der Waals surface area contributed by atoms with Gasteiger partial charge in [-0.15, -0.1) is 0 Å². The first-order valence-corrected chi connectivity index (χ1v) is 11.3. The maximum atomic E-state index is 13.7. The second-order valence-corrected chi connectivity index (χ2v) is 8.49. The lowest BCUT2D eigenvalue weighted by atomic mass is 9.97. The molecular weight excluding hydrogens is 486 g/mol. The third kappa shape index (κ3) is 3.49. The summed E-state index contributed by atoms with van der Waals surface area (Å²) in [4.78, 5) is 28.9. The minimum absolute atomic E-state index is 0.0523. The highest BCUT2D eigenvalue weighted by Gasteiger charge is 2.43. The van der Waals surface area contributed by atoms with Gasteiger partial charge in [0.15, 0.2) is 16.9 Å². The van der Waals surface area contributed by atoms with Crippen LogP contribution in [0.3, 0.4) is 0 Å². The molecule has 7 heteroatoms. The average molecular weight is 506 g/mol. The molecule has 0 bridgehead atoms. The van der Waals surface area contributed by atoms with E-state index in [2.05, 4.69) is 15.9 Å². The van der Waals surface area contributed by atoms with Crippen LogP contribution in [0.4, 0.5) is 5.69 Å². The number of para-hydroxylation sites is 1. The summed E-state index contributed by atoms with van der Waals surface area (Å²) in [6.07, 6.45) is 0. The number of carbonyl (C=O) groups is 1. The van der Waals surface area contributed by atoms with Gasteiger partial charge in [0.25, 0.3) is 5.91 Å². The monoisotopic (exact) mass is 505 g/mol. The van der Waals surface area contributed by atoms with Crippen molar-refractivity contribution in [2.45, 2.75) is 13.0 Å². The van der Waals surface area contributed by atoms with E-state index in [4.69, 9.17) is 13.9 Å². The average Bonchev–Trinajstić information content (AvgIpc) is 3.13. The highest BCUT2D eigenvalue weighted by Crippen LogP contribution is 2.43. The van der Waals surface area contributed by atoms with E-state index in [0.29, 0.717) is 45.9 Å². The largest absolute Gasteiger partial charge is 0.493 e. The van der Waals surface area contributed by atoms with E-state index >= 15 is 0 Å². The zero-order valence-electron chi connectivity index (χ0n) is 18.0. The zero-order chi connectivity index (χ0) is 23.1. The van der Waals surface area contributed by atoms with E-state index in [1.807, 2.05) is 43.3 Å². The predicted octanol–water partition coefficient (Wildman–Crippen LogP) is 5.71. The normalized spacial score (nSPS) is 15.1. The molecule has 166 valence electrons. The van der Waals surface area contributed by atoms with Crippen LogP contribution in [0.1, 0.15) is 34.6 Å². The molecule has 0 N–H and O–H groups in total. The molecule has 6 nitrogen and oxygen atoms in total. The highest BCUT2D eigenvalue weighted by molar-refractivity contribution is 9.10. The standard InChI is InChI=1S/C26H20BrNO5/c1-3-32-20-11-9-15(13-21(20)31-2)23-22-24(29)18-14-16(27)10-12-19(18)33-25(22)26(30)28(23)17-7-5-4-6-8-17/h4-14,23H,3H2,1-2H3. The molecule has 1 aromatic heterocycles. The molecule has 33 heavy (non-hydrogen) atoms. The summed E-state index contributed by atoms with van der Waals surface area (Å²) in [7, 11) is 1.56. The Morgan fingerprint density at radius 3 is 2.52 bits per heavy atom. The Balaban J connectivity index is 1.79. The van der Waals surface area contributed by atoms with Crippen molar-refractivity contribution in [1.29, 1.82) is 0 Å². The number of benzene rings is 3. The maximum absolute atomic E-state index is 13.7. The molecule has 2 heterocycles. The molecule has 3 aromatic carbocycles. The van der Waals surface area contributed by atoms with Crippen molar-refractivity contribution in [2.75, 3.05) is 18.6 Å².